The molecule has 0 saturated carbocycles. The van der Waals surface area contributed by atoms with Gasteiger partial charge in [-0.25, -0.2) is 0 Å². The molecule has 0 unspecified atom stereocenters. The third-order valence-corrected chi connectivity index (χ3v) is 5.66. The number of thioether (sulfide) groups is 1. The Kier molecular flexibility index (Phi) is 7.68. The van der Waals surface area contributed by atoms with Crippen LogP contribution in [0.2, 0.25) is 5.02 Å². The SMILES string of the molecule is CCOc1ccccc1-c1nnc(SCC(=O)Nc2cc(C(F)(F)F)ccc2Cl)n1CC. The van der Waals surface area contributed by atoms with Gasteiger partial charge in [0.25, 0.3) is 0 Å². The van der Waals surface area contributed by atoms with Crippen LogP contribution in [0.3, 0.4) is 0 Å². The van der Waals surface area contributed by atoms with Crippen LogP contribution in [0.5, 0.6) is 5.75 Å². The molecule has 1 aromatic heterocycles. The highest BCUT2D eigenvalue weighted by Crippen LogP contribution is 2.34. The van der Waals surface area contributed by atoms with Crippen molar-refractivity contribution in [3.05, 3.63) is 53.1 Å². The van der Waals surface area contributed by atoms with Crippen LogP contribution < -0.4 is 10.1 Å². The molecule has 0 radical (unpaired) electrons. The molecular weight excluding hydrogens is 465 g/mol. The second kappa shape index (κ2) is 10.3. The minimum absolute atomic E-state index is 0.0166. The summed E-state index contributed by atoms with van der Waals surface area (Å²) in [7, 11) is 0. The van der Waals surface area contributed by atoms with E-state index >= 15 is 0 Å². The molecule has 0 aliphatic heterocycles. The highest BCUT2D eigenvalue weighted by atomic mass is 35.5. The van der Waals surface area contributed by atoms with Crippen LogP contribution >= 0.6 is 23.4 Å². The molecule has 0 spiro atoms. The summed E-state index contributed by atoms with van der Waals surface area (Å²) >= 11 is 7.06. The van der Waals surface area contributed by atoms with Gasteiger partial charge in [0, 0.05) is 6.54 Å². The average Bonchev–Trinajstić information content (AvgIpc) is 3.16. The normalized spacial score (nSPS) is 11.4. The van der Waals surface area contributed by atoms with Crippen LogP contribution in [0.15, 0.2) is 47.6 Å². The van der Waals surface area contributed by atoms with Gasteiger partial charge in [-0.15, -0.1) is 10.2 Å². The molecule has 1 N–H and O–H groups in total. The van der Waals surface area contributed by atoms with E-state index in [1.165, 1.54) is 0 Å². The minimum Gasteiger partial charge on any atom is -0.493 e. The van der Waals surface area contributed by atoms with Gasteiger partial charge in [0.2, 0.25) is 5.91 Å². The third kappa shape index (κ3) is 5.55. The summed E-state index contributed by atoms with van der Waals surface area (Å²) in [6.45, 7) is 4.85. The molecule has 0 saturated heterocycles. The summed E-state index contributed by atoms with van der Waals surface area (Å²) in [4.78, 5) is 12.4. The molecule has 0 atom stereocenters. The van der Waals surface area contributed by atoms with Crippen molar-refractivity contribution in [2.45, 2.75) is 31.7 Å². The number of ether oxygens (including phenoxy) is 1. The van der Waals surface area contributed by atoms with E-state index in [0.717, 1.165) is 35.5 Å². The number of hydrogen-bond donors (Lipinski definition) is 1. The maximum atomic E-state index is 12.9. The number of nitrogens with zero attached hydrogens (tertiary/aromatic N) is 3. The number of rotatable bonds is 8. The van der Waals surface area contributed by atoms with Gasteiger partial charge in [0.05, 0.1) is 34.2 Å². The Morgan fingerprint density at radius 1 is 1.19 bits per heavy atom. The number of para-hydroxylation sites is 1. The van der Waals surface area contributed by atoms with Crippen molar-refractivity contribution in [1.82, 2.24) is 14.8 Å². The molecule has 0 fully saturated rings. The van der Waals surface area contributed by atoms with E-state index in [-0.39, 0.29) is 16.5 Å². The van der Waals surface area contributed by atoms with E-state index in [0.29, 0.717) is 29.9 Å². The summed E-state index contributed by atoms with van der Waals surface area (Å²) in [6.07, 6.45) is -4.54. The minimum atomic E-state index is -4.54. The number of aromatic nitrogens is 3. The zero-order valence-electron chi connectivity index (χ0n) is 17.2. The molecule has 3 aromatic rings. The fraction of sp³-hybridized carbons (Fsp3) is 0.286. The van der Waals surface area contributed by atoms with Gasteiger partial charge in [0.1, 0.15) is 5.75 Å². The molecular formula is C21H20ClF3N4O2S. The van der Waals surface area contributed by atoms with Crippen molar-refractivity contribution in [2.24, 2.45) is 0 Å². The van der Waals surface area contributed by atoms with Crippen molar-refractivity contribution in [3.63, 3.8) is 0 Å². The number of halogens is 4. The fourth-order valence-corrected chi connectivity index (χ4v) is 3.89. The Morgan fingerprint density at radius 2 is 1.94 bits per heavy atom. The number of carbonyl (C=O) groups excluding carboxylic acids is 1. The van der Waals surface area contributed by atoms with E-state index < -0.39 is 17.6 Å². The topological polar surface area (TPSA) is 69.0 Å². The van der Waals surface area contributed by atoms with E-state index in [9.17, 15) is 18.0 Å². The molecule has 32 heavy (non-hydrogen) atoms. The quantitative estimate of drug-likeness (QED) is 0.411. The van der Waals surface area contributed by atoms with Crippen LogP contribution in [-0.2, 0) is 17.5 Å². The van der Waals surface area contributed by atoms with Crippen LogP contribution in [-0.4, -0.2) is 33.0 Å². The van der Waals surface area contributed by atoms with Gasteiger partial charge in [-0.05, 0) is 44.2 Å². The molecule has 0 aliphatic rings. The first-order valence-electron chi connectivity index (χ1n) is 9.69. The van der Waals surface area contributed by atoms with Gasteiger partial charge in [-0.1, -0.05) is 35.5 Å². The molecule has 0 aliphatic carbocycles. The van der Waals surface area contributed by atoms with Gasteiger partial charge < -0.3 is 14.6 Å². The lowest BCUT2D eigenvalue weighted by atomic mass is 10.2. The first-order chi connectivity index (χ1) is 15.2. The number of benzene rings is 2. The Balaban J connectivity index is 1.74. The average molecular weight is 485 g/mol. The lowest BCUT2D eigenvalue weighted by Gasteiger charge is -2.12. The Bertz CT molecular complexity index is 1100. The van der Waals surface area contributed by atoms with Crippen molar-refractivity contribution in [2.75, 3.05) is 17.7 Å². The van der Waals surface area contributed by atoms with E-state index in [2.05, 4.69) is 15.5 Å². The predicted octanol–water partition coefficient (Wildman–Crippen LogP) is 5.77. The number of amides is 1. The molecule has 11 heteroatoms. The monoisotopic (exact) mass is 484 g/mol. The molecule has 2 aromatic carbocycles. The van der Waals surface area contributed by atoms with Crippen molar-refractivity contribution >= 4 is 35.0 Å². The maximum Gasteiger partial charge on any atom is 0.416 e. The van der Waals surface area contributed by atoms with Crippen LogP contribution in [0, 0.1) is 0 Å². The highest BCUT2D eigenvalue weighted by Gasteiger charge is 2.31. The van der Waals surface area contributed by atoms with Crippen molar-refractivity contribution in [1.29, 1.82) is 0 Å². The fourth-order valence-electron chi connectivity index (χ4n) is 2.93. The standard InChI is InChI=1S/C21H20ClF3N4O2S/c1-3-29-19(14-7-5-6-8-17(14)31-4-2)27-28-20(29)32-12-18(30)26-16-11-13(21(23,24)25)9-10-15(16)22/h5-11H,3-4,12H2,1-2H3,(H,26,30). The van der Waals surface area contributed by atoms with Crippen LogP contribution in [0.25, 0.3) is 11.4 Å². The summed E-state index contributed by atoms with van der Waals surface area (Å²) < 4.78 is 46.3. The first kappa shape index (κ1) is 23.9. The summed E-state index contributed by atoms with van der Waals surface area (Å²) in [5, 5.41) is 11.4. The largest absolute Gasteiger partial charge is 0.493 e. The number of nitrogens with one attached hydrogen (secondary N) is 1. The van der Waals surface area contributed by atoms with Crippen molar-refractivity contribution < 1.29 is 22.7 Å². The number of carbonyl (C=O) groups is 1. The van der Waals surface area contributed by atoms with E-state index in [4.69, 9.17) is 16.3 Å². The maximum absolute atomic E-state index is 12.9. The van der Waals surface area contributed by atoms with E-state index in [1.807, 2.05) is 42.7 Å². The molecule has 3 rings (SSSR count). The highest BCUT2D eigenvalue weighted by molar-refractivity contribution is 7.99. The second-order valence-electron chi connectivity index (χ2n) is 6.51. The molecule has 1 heterocycles. The smallest absolute Gasteiger partial charge is 0.416 e. The molecule has 6 nitrogen and oxygen atoms in total. The van der Waals surface area contributed by atoms with Gasteiger partial charge in [-0.2, -0.15) is 13.2 Å². The Labute approximate surface area is 192 Å². The third-order valence-electron chi connectivity index (χ3n) is 4.36. The predicted molar refractivity (Wildman–Crippen MR) is 118 cm³/mol. The molecule has 170 valence electrons. The van der Waals surface area contributed by atoms with Gasteiger partial charge >= 0.3 is 6.18 Å². The van der Waals surface area contributed by atoms with Gasteiger partial charge in [-0.3, -0.25) is 4.79 Å². The molecule has 0 bridgehead atoms. The zero-order valence-corrected chi connectivity index (χ0v) is 18.8. The summed E-state index contributed by atoms with van der Waals surface area (Å²) in [5.74, 6) is 0.668. The Morgan fingerprint density at radius 3 is 2.62 bits per heavy atom. The summed E-state index contributed by atoms with van der Waals surface area (Å²) in [6, 6.07) is 10.2. The first-order valence-corrected chi connectivity index (χ1v) is 11.1. The molecule has 1 amide bonds. The lowest BCUT2D eigenvalue weighted by molar-refractivity contribution is -0.137. The van der Waals surface area contributed by atoms with Crippen LogP contribution in [0.4, 0.5) is 18.9 Å². The van der Waals surface area contributed by atoms with Crippen LogP contribution in [0.1, 0.15) is 19.4 Å². The number of alkyl halides is 3. The second-order valence-corrected chi connectivity index (χ2v) is 7.86. The number of anilines is 1. The lowest BCUT2D eigenvalue weighted by Crippen LogP contribution is -2.16. The van der Waals surface area contributed by atoms with E-state index in [1.54, 1.807) is 0 Å². The zero-order chi connectivity index (χ0) is 23.3. The number of hydrogen-bond acceptors (Lipinski definition) is 5. The Hall–Kier alpha value is -2.72. The van der Waals surface area contributed by atoms with Gasteiger partial charge in [0.15, 0.2) is 11.0 Å². The van der Waals surface area contributed by atoms with Crippen molar-refractivity contribution in [3.8, 4) is 17.1 Å². The summed E-state index contributed by atoms with van der Waals surface area (Å²) in [5.41, 5.74) is -0.223.